The van der Waals surface area contributed by atoms with Gasteiger partial charge in [0.15, 0.2) is 0 Å². The molecule has 20 heavy (non-hydrogen) atoms. The Bertz CT molecular complexity index is 702. The van der Waals surface area contributed by atoms with E-state index in [4.69, 9.17) is 10.3 Å². The highest BCUT2D eigenvalue weighted by atomic mass is 32.1. The number of hydrogen-bond acceptors (Lipinski definition) is 6. The van der Waals surface area contributed by atoms with Crippen molar-refractivity contribution in [3.05, 3.63) is 40.2 Å². The first kappa shape index (κ1) is 13.0. The Morgan fingerprint density at radius 3 is 2.65 bits per heavy atom. The van der Waals surface area contributed by atoms with E-state index in [2.05, 4.69) is 34.2 Å². The number of nitrogens with two attached hydrogens (primary N) is 1. The second kappa shape index (κ2) is 5.52. The molecule has 5 nitrogen and oxygen atoms in total. The Labute approximate surface area is 120 Å². The van der Waals surface area contributed by atoms with Crippen LogP contribution in [-0.4, -0.2) is 15.1 Å². The standard InChI is InChI=1S/C14H14N4OS/c1-2-9-3-5-10(6-4-9)13-17-14(19-18-13)11-8-20-12(7-15)16-11/h3-6,8H,2,7,15H2,1H3. The molecule has 2 N–H and O–H groups in total. The van der Waals surface area contributed by atoms with Crippen molar-refractivity contribution in [1.29, 1.82) is 0 Å². The van der Waals surface area contributed by atoms with Crippen LogP contribution in [0.5, 0.6) is 0 Å². The molecule has 0 bridgehead atoms. The maximum Gasteiger partial charge on any atom is 0.277 e. The molecule has 0 unspecified atom stereocenters. The zero-order chi connectivity index (χ0) is 13.9. The first-order chi connectivity index (χ1) is 9.80. The Kier molecular flexibility index (Phi) is 3.58. The summed E-state index contributed by atoms with van der Waals surface area (Å²) in [5, 5.41) is 6.73. The van der Waals surface area contributed by atoms with Crippen LogP contribution in [0.2, 0.25) is 0 Å². The fraction of sp³-hybridized carbons (Fsp3) is 0.214. The molecule has 0 fully saturated rings. The smallest absolute Gasteiger partial charge is 0.277 e. The van der Waals surface area contributed by atoms with E-state index >= 15 is 0 Å². The number of nitrogens with zero attached hydrogens (tertiary/aromatic N) is 3. The Morgan fingerprint density at radius 2 is 2.00 bits per heavy atom. The van der Waals surface area contributed by atoms with Crippen molar-refractivity contribution < 1.29 is 4.52 Å². The van der Waals surface area contributed by atoms with Gasteiger partial charge in [-0.3, -0.25) is 0 Å². The van der Waals surface area contributed by atoms with Crippen LogP contribution in [0.15, 0.2) is 34.2 Å². The van der Waals surface area contributed by atoms with Gasteiger partial charge in [0.2, 0.25) is 5.82 Å². The molecule has 0 atom stereocenters. The van der Waals surface area contributed by atoms with Gasteiger partial charge in [-0.05, 0) is 12.0 Å². The molecule has 0 aliphatic rings. The molecular formula is C14H14N4OS. The summed E-state index contributed by atoms with van der Waals surface area (Å²) >= 11 is 1.49. The largest absolute Gasteiger partial charge is 0.332 e. The van der Waals surface area contributed by atoms with E-state index < -0.39 is 0 Å². The van der Waals surface area contributed by atoms with Gasteiger partial charge < -0.3 is 10.3 Å². The summed E-state index contributed by atoms with van der Waals surface area (Å²) < 4.78 is 5.26. The first-order valence-corrected chi connectivity index (χ1v) is 7.26. The SMILES string of the molecule is CCc1ccc(-c2noc(-c3csc(CN)n3)n2)cc1. The first-order valence-electron chi connectivity index (χ1n) is 6.38. The lowest BCUT2D eigenvalue weighted by molar-refractivity contribution is 0.431. The van der Waals surface area contributed by atoms with E-state index in [1.165, 1.54) is 16.9 Å². The average Bonchev–Trinajstić information content (AvgIpc) is 3.16. The number of aryl methyl sites for hydroxylation is 1. The minimum absolute atomic E-state index is 0.421. The second-order valence-corrected chi connectivity index (χ2v) is 5.25. The van der Waals surface area contributed by atoms with Gasteiger partial charge in [0.1, 0.15) is 10.7 Å². The van der Waals surface area contributed by atoms with Crippen LogP contribution < -0.4 is 5.73 Å². The molecule has 6 heteroatoms. The lowest BCUT2D eigenvalue weighted by Gasteiger charge is -1.97. The minimum Gasteiger partial charge on any atom is -0.332 e. The van der Waals surface area contributed by atoms with Crippen molar-refractivity contribution in [2.45, 2.75) is 19.9 Å². The molecule has 3 aromatic rings. The summed E-state index contributed by atoms with van der Waals surface area (Å²) in [6.07, 6.45) is 1.01. The quantitative estimate of drug-likeness (QED) is 0.798. The maximum absolute atomic E-state index is 5.55. The monoisotopic (exact) mass is 286 g/mol. The van der Waals surface area contributed by atoms with Crippen LogP contribution in [0.4, 0.5) is 0 Å². The van der Waals surface area contributed by atoms with Crippen molar-refractivity contribution in [3.63, 3.8) is 0 Å². The van der Waals surface area contributed by atoms with Crippen LogP contribution in [-0.2, 0) is 13.0 Å². The molecule has 0 saturated heterocycles. The molecule has 0 saturated carbocycles. The molecule has 0 radical (unpaired) electrons. The number of rotatable bonds is 4. The summed E-state index contributed by atoms with van der Waals surface area (Å²) in [5.74, 6) is 1.00. The topological polar surface area (TPSA) is 77.8 Å². The summed E-state index contributed by atoms with van der Waals surface area (Å²) in [7, 11) is 0. The normalized spacial score (nSPS) is 10.9. The van der Waals surface area contributed by atoms with Gasteiger partial charge in [0, 0.05) is 17.5 Å². The van der Waals surface area contributed by atoms with Gasteiger partial charge >= 0.3 is 0 Å². The fourth-order valence-electron chi connectivity index (χ4n) is 1.84. The lowest BCUT2D eigenvalue weighted by atomic mass is 10.1. The highest BCUT2D eigenvalue weighted by Gasteiger charge is 2.13. The summed E-state index contributed by atoms with van der Waals surface area (Å²) in [6, 6.07) is 8.14. The van der Waals surface area contributed by atoms with Crippen LogP contribution in [0.3, 0.4) is 0 Å². The highest BCUT2D eigenvalue weighted by molar-refractivity contribution is 7.09. The molecule has 2 aromatic heterocycles. The molecule has 0 aliphatic carbocycles. The highest BCUT2D eigenvalue weighted by Crippen LogP contribution is 2.23. The molecule has 2 heterocycles. The number of aromatic nitrogens is 3. The van der Waals surface area contributed by atoms with E-state index in [1.54, 1.807) is 0 Å². The zero-order valence-electron chi connectivity index (χ0n) is 11.0. The maximum atomic E-state index is 5.55. The van der Waals surface area contributed by atoms with Crippen molar-refractivity contribution in [2.24, 2.45) is 5.73 Å². The van der Waals surface area contributed by atoms with Gasteiger partial charge in [0.05, 0.1) is 0 Å². The van der Waals surface area contributed by atoms with Crippen molar-refractivity contribution >= 4 is 11.3 Å². The Balaban J connectivity index is 1.88. The van der Waals surface area contributed by atoms with Crippen LogP contribution in [0.25, 0.3) is 23.0 Å². The minimum atomic E-state index is 0.421. The van der Waals surface area contributed by atoms with Gasteiger partial charge in [-0.15, -0.1) is 11.3 Å². The summed E-state index contributed by atoms with van der Waals surface area (Å²) in [5.41, 5.74) is 8.44. The molecule has 0 aliphatic heterocycles. The van der Waals surface area contributed by atoms with Crippen LogP contribution in [0, 0.1) is 0 Å². The van der Waals surface area contributed by atoms with Crippen LogP contribution in [0.1, 0.15) is 17.5 Å². The van der Waals surface area contributed by atoms with Gasteiger partial charge in [-0.25, -0.2) is 4.98 Å². The zero-order valence-corrected chi connectivity index (χ0v) is 11.9. The predicted molar refractivity (Wildman–Crippen MR) is 78.1 cm³/mol. The van der Waals surface area contributed by atoms with Crippen molar-refractivity contribution in [2.75, 3.05) is 0 Å². The predicted octanol–water partition coefficient (Wildman–Crippen LogP) is 2.88. The summed E-state index contributed by atoms with van der Waals surface area (Å²) in [4.78, 5) is 8.71. The lowest BCUT2D eigenvalue weighted by Crippen LogP contribution is -1.94. The van der Waals surface area contributed by atoms with Crippen molar-refractivity contribution in [1.82, 2.24) is 15.1 Å². The average molecular weight is 286 g/mol. The van der Waals surface area contributed by atoms with E-state index in [0.717, 1.165) is 17.0 Å². The number of thiazole rings is 1. The number of hydrogen-bond donors (Lipinski definition) is 1. The third-order valence-corrected chi connectivity index (χ3v) is 3.86. The Morgan fingerprint density at radius 1 is 1.20 bits per heavy atom. The molecular weight excluding hydrogens is 272 g/mol. The molecule has 0 spiro atoms. The Hall–Kier alpha value is -2.05. The van der Waals surface area contributed by atoms with Gasteiger partial charge in [0.25, 0.3) is 5.89 Å². The van der Waals surface area contributed by atoms with Gasteiger partial charge in [-0.2, -0.15) is 4.98 Å². The third kappa shape index (κ3) is 2.48. The van der Waals surface area contributed by atoms with E-state index in [-0.39, 0.29) is 0 Å². The van der Waals surface area contributed by atoms with Crippen LogP contribution >= 0.6 is 11.3 Å². The third-order valence-electron chi connectivity index (χ3n) is 2.99. The van der Waals surface area contributed by atoms with Gasteiger partial charge in [-0.1, -0.05) is 36.3 Å². The van der Waals surface area contributed by atoms with Crippen molar-refractivity contribution in [3.8, 4) is 23.0 Å². The fourth-order valence-corrected chi connectivity index (χ4v) is 2.49. The summed E-state index contributed by atoms with van der Waals surface area (Å²) in [6.45, 7) is 2.54. The second-order valence-electron chi connectivity index (χ2n) is 4.30. The molecule has 102 valence electrons. The van der Waals surface area contributed by atoms with E-state index in [9.17, 15) is 0 Å². The van der Waals surface area contributed by atoms with E-state index in [1.807, 2.05) is 17.5 Å². The molecule has 1 aromatic carbocycles. The number of benzene rings is 1. The molecule has 3 rings (SSSR count). The van der Waals surface area contributed by atoms with E-state index in [0.29, 0.717) is 24.0 Å². The molecule has 0 amide bonds.